The average molecular weight is 413 g/mol. The van der Waals surface area contributed by atoms with Gasteiger partial charge in [0, 0.05) is 13.1 Å². The van der Waals surface area contributed by atoms with Gasteiger partial charge in [0.2, 0.25) is 0 Å². The van der Waals surface area contributed by atoms with Gasteiger partial charge in [0.1, 0.15) is 0 Å². The maximum Gasteiger partial charge on any atom is 0.357 e. The van der Waals surface area contributed by atoms with E-state index >= 15 is 0 Å². The number of hydrogen-bond acceptors (Lipinski definition) is 8. The number of benzene rings is 1. The Morgan fingerprint density at radius 1 is 1.17 bits per heavy atom. The van der Waals surface area contributed by atoms with Gasteiger partial charge >= 0.3 is 11.9 Å². The van der Waals surface area contributed by atoms with Crippen molar-refractivity contribution in [3.8, 4) is 0 Å². The van der Waals surface area contributed by atoms with E-state index in [1.807, 2.05) is 30.3 Å². The molecule has 158 valence electrons. The predicted molar refractivity (Wildman–Crippen MR) is 105 cm³/mol. The fourth-order valence-corrected chi connectivity index (χ4v) is 3.19. The predicted octanol–water partition coefficient (Wildman–Crippen LogP) is 0.934. The zero-order valence-corrected chi connectivity index (χ0v) is 16.9. The van der Waals surface area contributed by atoms with Crippen molar-refractivity contribution in [2.75, 3.05) is 26.8 Å². The number of piperidine rings is 1. The highest BCUT2D eigenvalue weighted by Crippen LogP contribution is 2.19. The average Bonchev–Trinajstić information content (AvgIpc) is 3.21. The maximum absolute atomic E-state index is 12.7. The Morgan fingerprint density at radius 2 is 1.87 bits per heavy atom. The van der Waals surface area contributed by atoms with Gasteiger partial charge in [-0.1, -0.05) is 30.3 Å². The van der Waals surface area contributed by atoms with Gasteiger partial charge in [-0.25, -0.2) is 4.79 Å². The highest BCUT2D eigenvalue weighted by atomic mass is 16.5. The van der Waals surface area contributed by atoms with Gasteiger partial charge in [0.15, 0.2) is 18.1 Å². The van der Waals surface area contributed by atoms with Crippen molar-refractivity contribution in [2.24, 2.45) is 5.92 Å². The summed E-state index contributed by atoms with van der Waals surface area (Å²) in [6, 6.07) is 9.18. The monoisotopic (exact) mass is 413 g/mol. The Balaban J connectivity index is 1.64. The number of carbonyl (C=O) groups is 3. The highest BCUT2D eigenvalue weighted by molar-refractivity contribution is 6.15. The summed E-state index contributed by atoms with van der Waals surface area (Å²) in [5.41, 5.74) is 0.858. The molecule has 0 N–H and O–H groups in total. The normalized spacial score (nSPS) is 15.0. The summed E-state index contributed by atoms with van der Waals surface area (Å²) in [6.45, 7) is 2.07. The van der Waals surface area contributed by atoms with Crippen LogP contribution in [0.15, 0.2) is 30.3 Å². The zero-order valence-electron chi connectivity index (χ0n) is 16.9. The number of nitrogens with zero attached hydrogens (tertiary/aromatic N) is 5. The molecule has 0 spiro atoms. The van der Waals surface area contributed by atoms with Crippen molar-refractivity contribution in [3.63, 3.8) is 0 Å². The Kier molecular flexibility index (Phi) is 6.89. The van der Waals surface area contributed by atoms with Crippen LogP contribution in [0.4, 0.5) is 0 Å². The van der Waals surface area contributed by atoms with E-state index in [1.165, 1.54) is 11.8 Å². The lowest BCUT2D eigenvalue weighted by molar-refractivity contribution is -0.151. The van der Waals surface area contributed by atoms with Crippen LogP contribution in [0.1, 0.15) is 24.2 Å². The van der Waals surface area contributed by atoms with Crippen LogP contribution in [0.3, 0.4) is 0 Å². The van der Waals surface area contributed by atoms with E-state index in [1.54, 1.807) is 17.9 Å². The molecule has 1 aromatic heterocycles. The van der Waals surface area contributed by atoms with Crippen molar-refractivity contribution < 1.29 is 23.9 Å². The van der Waals surface area contributed by atoms with Gasteiger partial charge in [0.25, 0.3) is 5.91 Å². The van der Waals surface area contributed by atoms with Crippen LogP contribution in [0.2, 0.25) is 0 Å². The molecule has 0 atom stereocenters. The van der Waals surface area contributed by atoms with Crippen LogP contribution in [0.5, 0.6) is 0 Å². The van der Waals surface area contributed by atoms with Gasteiger partial charge in [-0.3, -0.25) is 9.59 Å². The number of rotatable bonds is 6. The van der Waals surface area contributed by atoms with Crippen LogP contribution < -0.4 is 0 Å². The molecule has 10 nitrogen and oxygen atoms in total. The quantitative estimate of drug-likeness (QED) is 0.507. The maximum atomic E-state index is 12.7. The molecule has 10 heteroatoms. The Bertz CT molecular complexity index is 932. The fraction of sp³-hybridized carbons (Fsp3) is 0.400. The third-order valence-corrected chi connectivity index (χ3v) is 4.87. The summed E-state index contributed by atoms with van der Waals surface area (Å²) in [6.07, 6.45) is 2.64. The van der Waals surface area contributed by atoms with E-state index in [0.29, 0.717) is 31.8 Å². The van der Waals surface area contributed by atoms with Crippen LogP contribution in [-0.4, -0.2) is 69.8 Å². The van der Waals surface area contributed by atoms with Crippen LogP contribution in [0.25, 0.3) is 11.8 Å². The molecule has 2 heterocycles. The lowest BCUT2D eigenvalue weighted by atomic mass is 9.97. The van der Waals surface area contributed by atoms with Gasteiger partial charge < -0.3 is 14.4 Å². The highest BCUT2D eigenvalue weighted by Gasteiger charge is 2.28. The first-order valence-corrected chi connectivity index (χ1v) is 9.54. The molecular weight excluding hydrogens is 390 g/mol. The van der Waals surface area contributed by atoms with E-state index in [2.05, 4.69) is 15.5 Å². The lowest BCUT2D eigenvalue weighted by Crippen LogP contribution is -2.42. The summed E-state index contributed by atoms with van der Waals surface area (Å²) in [5.74, 6) is -1.10. The van der Waals surface area contributed by atoms with Gasteiger partial charge in [-0.15, -0.1) is 5.10 Å². The molecule has 1 aliphatic heterocycles. The second-order valence-corrected chi connectivity index (χ2v) is 6.83. The van der Waals surface area contributed by atoms with Gasteiger partial charge in [0.05, 0.1) is 13.0 Å². The lowest BCUT2D eigenvalue weighted by Gasteiger charge is -2.30. The second-order valence-electron chi connectivity index (χ2n) is 6.83. The zero-order chi connectivity index (χ0) is 21.5. The Labute approximate surface area is 173 Å². The Hall–Kier alpha value is -3.56. The number of aryl methyl sites for hydroxylation is 1. The number of esters is 2. The number of ether oxygens (including phenoxy) is 2. The largest absolute Gasteiger partial charge is 0.469 e. The first-order chi connectivity index (χ1) is 14.5. The number of carbonyl (C=O) groups excluding carboxylic acids is 3. The molecule has 1 aromatic carbocycles. The van der Waals surface area contributed by atoms with Gasteiger partial charge in [-0.05, 0) is 41.8 Å². The van der Waals surface area contributed by atoms with E-state index in [0.717, 1.165) is 5.56 Å². The number of tetrazole rings is 1. The fourth-order valence-electron chi connectivity index (χ4n) is 3.19. The third-order valence-electron chi connectivity index (χ3n) is 4.87. The SMILES string of the molecule is COC(=O)C1CCN(C(=O)COC(=O)/C(=C/c2ccccc2)n2nnnc2C)CC1. The summed E-state index contributed by atoms with van der Waals surface area (Å²) in [7, 11) is 1.35. The molecule has 0 unspecified atom stereocenters. The molecule has 0 bridgehead atoms. The topological polar surface area (TPSA) is 117 Å². The van der Waals surface area contributed by atoms with Crippen LogP contribution in [0, 0.1) is 12.8 Å². The van der Waals surface area contributed by atoms with Crippen molar-refractivity contribution in [1.29, 1.82) is 0 Å². The van der Waals surface area contributed by atoms with Crippen LogP contribution in [-0.2, 0) is 23.9 Å². The molecule has 0 aliphatic carbocycles. The molecule has 3 rings (SSSR count). The number of methoxy groups -OCH3 is 1. The first-order valence-electron chi connectivity index (χ1n) is 9.54. The third kappa shape index (κ3) is 5.07. The molecule has 1 aliphatic rings. The summed E-state index contributed by atoms with van der Waals surface area (Å²) in [4.78, 5) is 38.4. The van der Waals surface area contributed by atoms with E-state index in [4.69, 9.17) is 9.47 Å². The molecule has 0 radical (unpaired) electrons. The smallest absolute Gasteiger partial charge is 0.357 e. The summed E-state index contributed by atoms with van der Waals surface area (Å²) in [5, 5.41) is 11.2. The molecule has 1 fully saturated rings. The minimum Gasteiger partial charge on any atom is -0.469 e. The first kappa shape index (κ1) is 21.2. The van der Waals surface area contributed by atoms with E-state index in [-0.39, 0.29) is 23.5 Å². The summed E-state index contributed by atoms with van der Waals surface area (Å²) >= 11 is 0. The second kappa shape index (κ2) is 9.77. The molecule has 1 saturated heterocycles. The van der Waals surface area contributed by atoms with Crippen molar-refractivity contribution >= 4 is 29.6 Å². The molecule has 0 saturated carbocycles. The standard InChI is InChI=1S/C20H23N5O5/c1-14-21-22-23-25(14)17(12-15-6-4-3-5-7-15)20(28)30-13-18(26)24-10-8-16(9-11-24)19(27)29-2/h3-7,12,16H,8-11,13H2,1-2H3/b17-12-. The van der Waals surface area contributed by atoms with Crippen molar-refractivity contribution in [1.82, 2.24) is 25.1 Å². The Morgan fingerprint density at radius 3 is 2.47 bits per heavy atom. The minimum atomic E-state index is -0.716. The van der Waals surface area contributed by atoms with Crippen molar-refractivity contribution in [2.45, 2.75) is 19.8 Å². The van der Waals surface area contributed by atoms with Gasteiger partial charge in [-0.2, -0.15) is 4.68 Å². The van der Waals surface area contributed by atoms with E-state index < -0.39 is 12.6 Å². The molecule has 1 amide bonds. The number of likely N-dealkylation sites (tertiary alicyclic amines) is 1. The minimum absolute atomic E-state index is 0.0981. The van der Waals surface area contributed by atoms with Crippen molar-refractivity contribution in [3.05, 3.63) is 41.7 Å². The molecule has 30 heavy (non-hydrogen) atoms. The summed E-state index contributed by atoms with van der Waals surface area (Å²) < 4.78 is 11.3. The number of aromatic nitrogens is 4. The molecule has 2 aromatic rings. The van der Waals surface area contributed by atoms with Crippen LogP contribution >= 0.6 is 0 Å². The number of amides is 1. The molecular formula is C20H23N5O5. The number of hydrogen-bond donors (Lipinski definition) is 0. The van der Waals surface area contributed by atoms with E-state index in [9.17, 15) is 14.4 Å².